The van der Waals surface area contributed by atoms with Crippen LogP contribution in [0.1, 0.15) is 32.6 Å². The van der Waals surface area contributed by atoms with Crippen molar-refractivity contribution in [3.63, 3.8) is 0 Å². The first-order valence-electron chi connectivity index (χ1n) is 8.63. The van der Waals surface area contributed by atoms with Crippen LogP contribution in [-0.2, 0) is 4.74 Å². The fourth-order valence-electron chi connectivity index (χ4n) is 2.78. The summed E-state index contributed by atoms with van der Waals surface area (Å²) in [6, 6.07) is 7.22. The van der Waals surface area contributed by atoms with Gasteiger partial charge in [-0.1, -0.05) is 11.3 Å². The first kappa shape index (κ1) is 17.9. The molecule has 4 rings (SSSR count). The highest BCUT2D eigenvalue weighted by Gasteiger charge is 2.18. The van der Waals surface area contributed by atoms with Gasteiger partial charge in [-0.3, -0.25) is 4.79 Å². The Morgan fingerprint density at radius 2 is 2.04 bits per heavy atom. The molecule has 0 saturated carbocycles. The molecule has 28 heavy (non-hydrogen) atoms. The largest absolute Gasteiger partial charge is 0.462 e. The van der Waals surface area contributed by atoms with E-state index in [0.717, 1.165) is 5.13 Å². The summed E-state index contributed by atoms with van der Waals surface area (Å²) < 4.78 is 8.47. The first-order valence-corrected chi connectivity index (χ1v) is 9.45. The molecule has 0 aliphatic rings. The minimum atomic E-state index is -0.448. The molecule has 0 aliphatic carbocycles. The van der Waals surface area contributed by atoms with Crippen molar-refractivity contribution in [1.29, 1.82) is 0 Å². The maximum absolute atomic E-state index is 12.7. The molecule has 0 atom stereocenters. The van der Waals surface area contributed by atoms with Gasteiger partial charge in [0.15, 0.2) is 5.13 Å². The van der Waals surface area contributed by atoms with E-state index in [0.29, 0.717) is 27.3 Å². The zero-order valence-electron chi connectivity index (χ0n) is 15.2. The SMILES string of the molecule is CCOC(=O)c1cnn2ccc(NC(=O)c3sc(-n4cccc4)nc3C)cc12. The maximum atomic E-state index is 12.7. The van der Waals surface area contributed by atoms with Crippen molar-refractivity contribution in [2.24, 2.45) is 0 Å². The van der Waals surface area contributed by atoms with Gasteiger partial charge in [-0.05, 0) is 38.1 Å². The van der Waals surface area contributed by atoms with Crippen molar-refractivity contribution in [2.75, 3.05) is 11.9 Å². The van der Waals surface area contributed by atoms with Crippen molar-refractivity contribution in [3.8, 4) is 5.13 Å². The Kier molecular flexibility index (Phi) is 4.66. The molecule has 0 fully saturated rings. The quantitative estimate of drug-likeness (QED) is 0.524. The molecule has 0 spiro atoms. The Morgan fingerprint density at radius 3 is 2.79 bits per heavy atom. The molecule has 0 aliphatic heterocycles. The van der Waals surface area contributed by atoms with Crippen LogP contribution in [0.3, 0.4) is 0 Å². The lowest BCUT2D eigenvalue weighted by molar-refractivity contribution is 0.0528. The van der Waals surface area contributed by atoms with Crippen molar-refractivity contribution >= 4 is 34.4 Å². The molecule has 0 saturated heterocycles. The maximum Gasteiger partial charge on any atom is 0.341 e. The molecular formula is C19H17N5O3S. The number of nitrogens with one attached hydrogen (secondary N) is 1. The number of aromatic nitrogens is 4. The van der Waals surface area contributed by atoms with Gasteiger partial charge < -0.3 is 14.6 Å². The van der Waals surface area contributed by atoms with Gasteiger partial charge in [-0.25, -0.2) is 14.3 Å². The minimum absolute atomic E-state index is 0.255. The predicted molar refractivity (Wildman–Crippen MR) is 105 cm³/mol. The lowest BCUT2D eigenvalue weighted by atomic mass is 10.2. The van der Waals surface area contributed by atoms with E-state index in [1.54, 1.807) is 36.7 Å². The fraction of sp³-hybridized carbons (Fsp3) is 0.158. The van der Waals surface area contributed by atoms with Crippen LogP contribution in [0.5, 0.6) is 0 Å². The highest BCUT2D eigenvalue weighted by atomic mass is 32.1. The third kappa shape index (κ3) is 3.27. The number of amides is 1. The molecule has 0 unspecified atom stereocenters. The molecule has 4 aromatic rings. The molecule has 9 heteroatoms. The van der Waals surface area contributed by atoms with E-state index in [4.69, 9.17) is 4.74 Å². The molecular weight excluding hydrogens is 378 g/mol. The van der Waals surface area contributed by atoms with Gasteiger partial charge in [0.25, 0.3) is 5.91 Å². The number of rotatable bonds is 5. The highest BCUT2D eigenvalue weighted by molar-refractivity contribution is 7.16. The topological polar surface area (TPSA) is 90.5 Å². The summed E-state index contributed by atoms with van der Waals surface area (Å²) in [6.45, 7) is 3.83. The van der Waals surface area contributed by atoms with Crippen LogP contribution < -0.4 is 5.32 Å². The zero-order chi connectivity index (χ0) is 19.7. The van der Waals surface area contributed by atoms with Gasteiger partial charge in [0.1, 0.15) is 10.4 Å². The van der Waals surface area contributed by atoms with Crippen LogP contribution in [0.15, 0.2) is 49.1 Å². The molecule has 4 heterocycles. The lowest BCUT2D eigenvalue weighted by Crippen LogP contribution is -2.12. The Hall–Kier alpha value is -3.46. The van der Waals surface area contributed by atoms with Gasteiger partial charge in [-0.15, -0.1) is 0 Å². The Balaban J connectivity index is 1.60. The third-order valence-electron chi connectivity index (χ3n) is 4.09. The highest BCUT2D eigenvalue weighted by Crippen LogP contribution is 2.24. The van der Waals surface area contributed by atoms with Crippen LogP contribution in [0.4, 0.5) is 5.69 Å². The molecule has 4 aromatic heterocycles. The van der Waals surface area contributed by atoms with E-state index in [1.807, 2.05) is 29.1 Å². The van der Waals surface area contributed by atoms with Crippen molar-refractivity contribution in [2.45, 2.75) is 13.8 Å². The third-order valence-corrected chi connectivity index (χ3v) is 5.26. The summed E-state index contributed by atoms with van der Waals surface area (Å²) >= 11 is 1.31. The lowest BCUT2D eigenvalue weighted by Gasteiger charge is -2.05. The number of hydrogen-bond acceptors (Lipinski definition) is 6. The number of anilines is 1. The summed E-state index contributed by atoms with van der Waals surface area (Å²) in [6.07, 6.45) is 6.89. The van der Waals surface area contributed by atoms with E-state index in [-0.39, 0.29) is 12.5 Å². The van der Waals surface area contributed by atoms with E-state index < -0.39 is 5.97 Å². The van der Waals surface area contributed by atoms with Gasteiger partial charge in [0.05, 0.1) is 24.0 Å². The molecule has 0 aromatic carbocycles. The van der Waals surface area contributed by atoms with Gasteiger partial charge in [0, 0.05) is 24.3 Å². The van der Waals surface area contributed by atoms with Crippen molar-refractivity contribution in [3.05, 3.63) is 65.2 Å². The van der Waals surface area contributed by atoms with E-state index in [9.17, 15) is 9.59 Å². The van der Waals surface area contributed by atoms with Gasteiger partial charge >= 0.3 is 5.97 Å². The molecule has 0 bridgehead atoms. The summed E-state index contributed by atoms with van der Waals surface area (Å²) in [4.78, 5) is 29.8. The molecule has 1 amide bonds. The Labute approximate surface area is 164 Å². The summed E-state index contributed by atoms with van der Waals surface area (Å²) in [5.74, 6) is -0.703. The van der Waals surface area contributed by atoms with E-state index in [2.05, 4.69) is 15.4 Å². The summed E-state index contributed by atoms with van der Waals surface area (Å²) in [5.41, 5.74) is 2.12. The zero-order valence-corrected chi connectivity index (χ0v) is 16.1. The molecule has 142 valence electrons. The smallest absolute Gasteiger partial charge is 0.341 e. The first-order chi connectivity index (χ1) is 13.6. The van der Waals surface area contributed by atoms with Crippen molar-refractivity contribution < 1.29 is 14.3 Å². The van der Waals surface area contributed by atoms with E-state index in [1.165, 1.54) is 17.5 Å². The van der Waals surface area contributed by atoms with Crippen LogP contribution in [-0.4, -0.2) is 37.6 Å². The summed E-state index contributed by atoms with van der Waals surface area (Å²) in [7, 11) is 0. The number of hydrogen-bond donors (Lipinski definition) is 1. The number of fused-ring (bicyclic) bond motifs is 1. The molecule has 1 N–H and O–H groups in total. The number of nitrogens with zero attached hydrogens (tertiary/aromatic N) is 4. The van der Waals surface area contributed by atoms with Crippen molar-refractivity contribution in [1.82, 2.24) is 19.2 Å². The number of carbonyl (C=O) groups excluding carboxylic acids is 2. The number of pyridine rings is 1. The predicted octanol–water partition coefficient (Wildman–Crippen LogP) is 3.32. The number of ether oxygens (including phenoxy) is 1. The Morgan fingerprint density at radius 1 is 1.25 bits per heavy atom. The van der Waals surface area contributed by atoms with Gasteiger partial charge in [0.2, 0.25) is 0 Å². The second-order valence-electron chi connectivity index (χ2n) is 5.98. The molecule has 0 radical (unpaired) electrons. The normalized spacial score (nSPS) is 10.9. The Bertz CT molecular complexity index is 1160. The second kappa shape index (κ2) is 7.28. The second-order valence-corrected chi connectivity index (χ2v) is 6.96. The monoisotopic (exact) mass is 395 g/mol. The van der Waals surface area contributed by atoms with E-state index >= 15 is 0 Å². The number of esters is 1. The standard InChI is InChI=1S/C19H17N5O3S/c1-3-27-18(26)14-11-20-24-9-6-13(10-15(14)24)22-17(25)16-12(2)21-19(28-16)23-7-4-5-8-23/h4-11H,3H2,1-2H3,(H,22,25). The van der Waals surface area contributed by atoms with Gasteiger partial charge in [-0.2, -0.15) is 5.10 Å². The fourth-order valence-corrected chi connectivity index (χ4v) is 3.71. The summed E-state index contributed by atoms with van der Waals surface area (Å²) in [5, 5.41) is 7.73. The minimum Gasteiger partial charge on any atom is -0.462 e. The number of aryl methyl sites for hydroxylation is 1. The number of thiazole rings is 1. The average molecular weight is 395 g/mol. The van der Waals surface area contributed by atoms with Crippen LogP contribution in [0, 0.1) is 6.92 Å². The van der Waals surface area contributed by atoms with Crippen LogP contribution in [0.25, 0.3) is 10.6 Å². The van der Waals surface area contributed by atoms with Crippen LogP contribution in [0.2, 0.25) is 0 Å². The average Bonchev–Trinajstić information content (AvgIpc) is 3.40. The van der Waals surface area contributed by atoms with Crippen LogP contribution >= 0.6 is 11.3 Å². The number of carbonyl (C=O) groups is 2. The molecule has 8 nitrogen and oxygen atoms in total.